The Morgan fingerprint density at radius 3 is 2.40 bits per heavy atom. The third-order valence-electron chi connectivity index (χ3n) is 6.06. The molecular weight excluding hydrogens is 314 g/mol. The molecule has 2 heteroatoms. The molecule has 25 heavy (non-hydrogen) atoms. The van der Waals surface area contributed by atoms with Crippen molar-refractivity contribution in [2.45, 2.75) is 70.1 Å². The summed E-state index contributed by atoms with van der Waals surface area (Å²) in [4.78, 5) is 0. The van der Waals surface area contributed by atoms with Crippen LogP contribution in [-0.2, 0) is 0 Å². The Morgan fingerprint density at radius 2 is 1.76 bits per heavy atom. The molecule has 0 bridgehead atoms. The fourth-order valence-electron chi connectivity index (χ4n) is 4.41. The number of halogens is 2. The first-order valence-electron chi connectivity index (χ1n) is 9.93. The molecule has 2 aliphatic carbocycles. The fourth-order valence-corrected chi connectivity index (χ4v) is 4.41. The van der Waals surface area contributed by atoms with Gasteiger partial charge in [-0.15, -0.1) is 0 Å². The Morgan fingerprint density at radius 1 is 1.04 bits per heavy atom. The van der Waals surface area contributed by atoms with Crippen LogP contribution >= 0.6 is 0 Å². The van der Waals surface area contributed by atoms with Gasteiger partial charge in [0.05, 0.1) is 0 Å². The van der Waals surface area contributed by atoms with Crippen molar-refractivity contribution >= 4 is 5.57 Å². The van der Waals surface area contributed by atoms with Crippen LogP contribution in [0.5, 0.6) is 0 Å². The van der Waals surface area contributed by atoms with Crippen molar-refractivity contribution in [3.63, 3.8) is 0 Å². The van der Waals surface area contributed by atoms with Gasteiger partial charge < -0.3 is 0 Å². The number of benzene rings is 1. The predicted octanol–water partition coefficient (Wildman–Crippen LogP) is 7.07. The van der Waals surface area contributed by atoms with Crippen LogP contribution in [0.15, 0.2) is 48.6 Å². The molecule has 3 rings (SSSR count). The van der Waals surface area contributed by atoms with E-state index < -0.39 is 11.8 Å². The Balaban J connectivity index is 1.60. The lowest BCUT2D eigenvalue weighted by Gasteiger charge is -2.39. The fraction of sp³-hybridized carbons (Fsp3) is 0.565. The van der Waals surface area contributed by atoms with E-state index in [-0.39, 0.29) is 5.92 Å². The summed E-state index contributed by atoms with van der Waals surface area (Å²) in [5.41, 5.74) is -0.0927. The molecule has 2 atom stereocenters. The largest absolute Gasteiger partial charge is 0.239 e. The topological polar surface area (TPSA) is 0 Å². The van der Waals surface area contributed by atoms with E-state index in [2.05, 4.69) is 6.92 Å². The molecule has 0 spiro atoms. The van der Waals surface area contributed by atoms with Crippen LogP contribution in [0.25, 0.3) is 5.57 Å². The van der Waals surface area contributed by atoms with E-state index in [0.717, 1.165) is 36.8 Å². The first-order chi connectivity index (χ1) is 12.1. The average Bonchev–Trinajstić information content (AvgIpc) is 2.65. The zero-order valence-electron chi connectivity index (χ0n) is 15.3. The van der Waals surface area contributed by atoms with Crippen LogP contribution in [0.3, 0.4) is 0 Å². The lowest BCUT2D eigenvalue weighted by atomic mass is 9.70. The minimum Gasteiger partial charge on any atom is -0.239 e. The Hall–Kier alpha value is -1.44. The van der Waals surface area contributed by atoms with Gasteiger partial charge in [-0.05, 0) is 48.0 Å². The first kappa shape index (κ1) is 18.4. The summed E-state index contributed by atoms with van der Waals surface area (Å²) >= 11 is 0. The van der Waals surface area contributed by atoms with Gasteiger partial charge in [-0.3, -0.25) is 0 Å². The summed E-state index contributed by atoms with van der Waals surface area (Å²) in [6, 6.07) is 9.66. The number of alkyl halides is 2. The highest BCUT2D eigenvalue weighted by Gasteiger charge is 2.46. The van der Waals surface area contributed by atoms with Crippen molar-refractivity contribution in [3.05, 3.63) is 54.1 Å². The smallest absolute Gasteiger partial charge is 0.166 e. The van der Waals surface area contributed by atoms with Crippen molar-refractivity contribution < 1.29 is 8.78 Å². The van der Waals surface area contributed by atoms with Gasteiger partial charge in [-0.1, -0.05) is 81.9 Å². The SMILES string of the molecule is CCCCCC1CCC(C2(F)C=CC(c3ccccc3)=CC2F)CC1. The van der Waals surface area contributed by atoms with Crippen LogP contribution in [-0.4, -0.2) is 11.8 Å². The van der Waals surface area contributed by atoms with Gasteiger partial charge in [-0.25, -0.2) is 8.78 Å². The standard InChI is InChI=1S/C23H30F2/c1-2-3-5-8-18-11-13-21(14-12-18)23(25)16-15-20(17-22(23)24)19-9-6-4-7-10-19/h4,6-7,9-10,15-18,21-22H,2-3,5,8,11-14H2,1H3. The van der Waals surface area contributed by atoms with Gasteiger partial charge in [0.25, 0.3) is 0 Å². The quantitative estimate of drug-likeness (QED) is 0.484. The number of hydrogen-bond acceptors (Lipinski definition) is 0. The molecule has 0 aliphatic heterocycles. The van der Waals surface area contributed by atoms with Crippen LogP contribution in [0.1, 0.15) is 63.9 Å². The Labute approximate surface area is 151 Å². The second-order valence-electron chi connectivity index (χ2n) is 7.76. The van der Waals surface area contributed by atoms with E-state index in [1.165, 1.54) is 37.8 Å². The average molecular weight is 344 g/mol. The predicted molar refractivity (Wildman–Crippen MR) is 102 cm³/mol. The van der Waals surface area contributed by atoms with E-state index in [1.54, 1.807) is 6.08 Å². The molecular formula is C23H30F2. The monoisotopic (exact) mass is 344 g/mol. The third kappa shape index (κ3) is 4.22. The van der Waals surface area contributed by atoms with Gasteiger partial charge in [0.15, 0.2) is 11.8 Å². The summed E-state index contributed by atoms with van der Waals surface area (Å²) in [7, 11) is 0. The van der Waals surface area contributed by atoms with Gasteiger partial charge in [0, 0.05) is 0 Å². The Bertz CT molecular complexity index is 596. The van der Waals surface area contributed by atoms with E-state index >= 15 is 4.39 Å². The van der Waals surface area contributed by atoms with E-state index in [9.17, 15) is 4.39 Å². The molecule has 0 N–H and O–H groups in total. The molecule has 2 unspecified atom stereocenters. The molecule has 1 fully saturated rings. The van der Waals surface area contributed by atoms with Crippen LogP contribution < -0.4 is 0 Å². The van der Waals surface area contributed by atoms with Gasteiger partial charge in [0.1, 0.15) is 0 Å². The maximum absolute atomic E-state index is 15.5. The lowest BCUT2D eigenvalue weighted by Crippen LogP contribution is -2.43. The summed E-state index contributed by atoms with van der Waals surface area (Å²) in [6.07, 6.45) is 12.0. The lowest BCUT2D eigenvalue weighted by molar-refractivity contribution is 0.0320. The van der Waals surface area contributed by atoms with Gasteiger partial charge in [0.2, 0.25) is 0 Å². The number of allylic oxidation sites excluding steroid dienone is 4. The second-order valence-corrected chi connectivity index (χ2v) is 7.76. The van der Waals surface area contributed by atoms with Crippen molar-refractivity contribution in [3.8, 4) is 0 Å². The molecule has 1 aromatic rings. The third-order valence-corrected chi connectivity index (χ3v) is 6.06. The minimum atomic E-state index is -1.83. The summed E-state index contributed by atoms with van der Waals surface area (Å²) in [5.74, 6) is 0.530. The van der Waals surface area contributed by atoms with Crippen molar-refractivity contribution in [2.24, 2.45) is 11.8 Å². The normalized spacial score (nSPS) is 32.4. The molecule has 136 valence electrons. The molecule has 0 heterocycles. The highest BCUT2D eigenvalue weighted by Crippen LogP contribution is 2.45. The van der Waals surface area contributed by atoms with Gasteiger partial charge in [-0.2, -0.15) is 0 Å². The molecule has 0 radical (unpaired) electrons. The van der Waals surface area contributed by atoms with E-state index in [0.29, 0.717) is 5.92 Å². The maximum atomic E-state index is 15.5. The second kappa shape index (κ2) is 8.29. The van der Waals surface area contributed by atoms with Crippen LogP contribution in [0.2, 0.25) is 0 Å². The molecule has 1 aromatic carbocycles. The molecule has 0 saturated heterocycles. The zero-order chi connectivity index (χ0) is 17.7. The highest BCUT2D eigenvalue weighted by molar-refractivity contribution is 5.76. The maximum Gasteiger partial charge on any atom is 0.166 e. The Kier molecular flexibility index (Phi) is 6.09. The summed E-state index contributed by atoms with van der Waals surface area (Å²) in [5, 5.41) is 0. The van der Waals surface area contributed by atoms with Crippen LogP contribution in [0.4, 0.5) is 8.78 Å². The highest BCUT2D eigenvalue weighted by atomic mass is 19.2. The number of hydrogen-bond donors (Lipinski definition) is 0. The minimum absolute atomic E-state index is 0.185. The van der Waals surface area contributed by atoms with E-state index in [1.807, 2.05) is 30.3 Å². The molecule has 0 amide bonds. The molecule has 0 nitrogen and oxygen atoms in total. The van der Waals surface area contributed by atoms with Crippen LogP contribution in [0, 0.1) is 11.8 Å². The van der Waals surface area contributed by atoms with Crippen molar-refractivity contribution in [2.75, 3.05) is 0 Å². The molecule has 0 aromatic heterocycles. The number of unbranched alkanes of at least 4 members (excludes halogenated alkanes) is 2. The molecule has 1 saturated carbocycles. The number of rotatable bonds is 6. The van der Waals surface area contributed by atoms with E-state index in [4.69, 9.17) is 0 Å². The summed E-state index contributed by atoms with van der Waals surface area (Å²) in [6.45, 7) is 2.22. The van der Waals surface area contributed by atoms with Gasteiger partial charge >= 0.3 is 0 Å². The first-order valence-corrected chi connectivity index (χ1v) is 9.93. The summed E-state index contributed by atoms with van der Waals surface area (Å²) < 4.78 is 30.3. The molecule has 2 aliphatic rings. The van der Waals surface area contributed by atoms with Crippen molar-refractivity contribution in [1.82, 2.24) is 0 Å². The van der Waals surface area contributed by atoms with Crippen molar-refractivity contribution in [1.29, 1.82) is 0 Å². The zero-order valence-corrected chi connectivity index (χ0v) is 15.3.